The molecule has 2 N–H and O–H groups in total. The minimum atomic E-state index is 0.674. The van der Waals surface area contributed by atoms with Gasteiger partial charge < -0.3 is 5.73 Å². The summed E-state index contributed by atoms with van der Waals surface area (Å²) in [5.41, 5.74) is 8.22. The first-order chi connectivity index (χ1) is 8.20. The fourth-order valence-electron chi connectivity index (χ4n) is 2.81. The van der Waals surface area contributed by atoms with Gasteiger partial charge >= 0.3 is 0 Å². The molecule has 0 bridgehead atoms. The molecule has 0 amide bonds. The Morgan fingerprint density at radius 2 is 2.29 bits per heavy atom. The van der Waals surface area contributed by atoms with Gasteiger partial charge in [-0.15, -0.1) is 0 Å². The van der Waals surface area contributed by atoms with Crippen molar-refractivity contribution in [2.24, 2.45) is 12.8 Å². The lowest BCUT2D eigenvalue weighted by Crippen LogP contribution is -2.40. The number of aryl methyl sites for hydroxylation is 2. The molecule has 1 aliphatic heterocycles. The lowest BCUT2D eigenvalue weighted by atomic mass is 9.98. The van der Waals surface area contributed by atoms with Crippen LogP contribution in [-0.4, -0.2) is 33.8 Å². The maximum atomic E-state index is 5.71. The molecule has 0 aliphatic carbocycles. The fraction of sp³-hybridized carbons (Fsp3) is 0.769. The summed E-state index contributed by atoms with van der Waals surface area (Å²) in [7, 11) is 1.99. The number of hydrogen-bond acceptors (Lipinski definition) is 3. The molecule has 4 heteroatoms. The van der Waals surface area contributed by atoms with Crippen molar-refractivity contribution in [1.82, 2.24) is 14.7 Å². The summed E-state index contributed by atoms with van der Waals surface area (Å²) in [6, 6.07) is 0.674. The second-order valence-corrected chi connectivity index (χ2v) is 5.11. The number of piperidine rings is 1. The number of aromatic nitrogens is 2. The van der Waals surface area contributed by atoms with E-state index in [0.717, 1.165) is 25.2 Å². The summed E-state index contributed by atoms with van der Waals surface area (Å²) in [6.07, 6.45) is 7.24. The van der Waals surface area contributed by atoms with E-state index < -0.39 is 0 Å². The summed E-state index contributed by atoms with van der Waals surface area (Å²) >= 11 is 0. The molecule has 96 valence electrons. The maximum Gasteiger partial charge on any atom is 0.0638 e. The molecule has 1 aromatic rings. The average molecular weight is 236 g/mol. The maximum absolute atomic E-state index is 5.71. The molecule has 0 radical (unpaired) electrons. The van der Waals surface area contributed by atoms with Gasteiger partial charge in [-0.1, -0.05) is 6.42 Å². The number of nitrogens with zero attached hydrogens (tertiary/aromatic N) is 3. The van der Waals surface area contributed by atoms with Gasteiger partial charge in [0, 0.05) is 31.4 Å². The molecule has 0 spiro atoms. The van der Waals surface area contributed by atoms with Gasteiger partial charge in [-0.25, -0.2) is 0 Å². The first kappa shape index (κ1) is 12.6. The highest BCUT2D eigenvalue weighted by atomic mass is 15.3. The summed E-state index contributed by atoms with van der Waals surface area (Å²) in [5, 5.41) is 4.41. The number of likely N-dealkylation sites (tertiary alicyclic amines) is 1. The number of rotatable bonds is 4. The molecule has 4 nitrogen and oxygen atoms in total. The second-order valence-electron chi connectivity index (χ2n) is 5.11. The van der Waals surface area contributed by atoms with E-state index in [2.05, 4.69) is 23.1 Å². The van der Waals surface area contributed by atoms with Crippen LogP contribution in [0.3, 0.4) is 0 Å². The van der Waals surface area contributed by atoms with E-state index in [1.54, 1.807) is 0 Å². The summed E-state index contributed by atoms with van der Waals surface area (Å²) in [4.78, 5) is 2.58. The van der Waals surface area contributed by atoms with Crippen LogP contribution in [0.1, 0.15) is 36.9 Å². The Morgan fingerprint density at radius 3 is 2.94 bits per heavy atom. The van der Waals surface area contributed by atoms with Crippen LogP contribution in [0.25, 0.3) is 0 Å². The van der Waals surface area contributed by atoms with E-state index in [0.29, 0.717) is 6.04 Å². The SMILES string of the molecule is Cc1nn(C)cc1CN1CCCCC1CCN. The molecule has 2 heterocycles. The van der Waals surface area contributed by atoms with Crippen molar-refractivity contribution in [1.29, 1.82) is 0 Å². The van der Waals surface area contributed by atoms with E-state index in [1.807, 2.05) is 11.7 Å². The molecule has 1 atom stereocenters. The van der Waals surface area contributed by atoms with Crippen LogP contribution in [-0.2, 0) is 13.6 Å². The lowest BCUT2D eigenvalue weighted by Gasteiger charge is -2.35. The van der Waals surface area contributed by atoms with Gasteiger partial charge in [0.1, 0.15) is 0 Å². The zero-order valence-corrected chi connectivity index (χ0v) is 11.0. The highest BCUT2D eigenvalue weighted by Crippen LogP contribution is 2.22. The Bertz CT molecular complexity index is 356. The largest absolute Gasteiger partial charge is 0.330 e. The molecule has 17 heavy (non-hydrogen) atoms. The minimum Gasteiger partial charge on any atom is -0.330 e. The molecule has 1 aliphatic rings. The van der Waals surface area contributed by atoms with Crippen LogP contribution in [0.2, 0.25) is 0 Å². The van der Waals surface area contributed by atoms with Crippen molar-refractivity contribution in [3.63, 3.8) is 0 Å². The number of nitrogens with two attached hydrogens (primary N) is 1. The summed E-state index contributed by atoms with van der Waals surface area (Å²) in [5.74, 6) is 0. The standard InChI is InChI=1S/C13H24N4/c1-11-12(9-16(2)15-11)10-17-8-4-3-5-13(17)6-7-14/h9,13H,3-8,10,14H2,1-2H3. The normalized spacial score (nSPS) is 21.9. The van der Waals surface area contributed by atoms with Crippen LogP contribution >= 0.6 is 0 Å². The van der Waals surface area contributed by atoms with Gasteiger partial charge in [-0.3, -0.25) is 9.58 Å². The van der Waals surface area contributed by atoms with Gasteiger partial charge in [0.05, 0.1) is 5.69 Å². The van der Waals surface area contributed by atoms with Gasteiger partial charge in [-0.2, -0.15) is 5.10 Å². The molecular formula is C13H24N4. The Morgan fingerprint density at radius 1 is 1.47 bits per heavy atom. The Kier molecular flexibility index (Phi) is 4.18. The molecular weight excluding hydrogens is 212 g/mol. The molecule has 2 rings (SSSR count). The van der Waals surface area contributed by atoms with E-state index in [9.17, 15) is 0 Å². The molecule has 1 unspecified atom stereocenters. The third kappa shape index (κ3) is 3.07. The molecule has 0 saturated carbocycles. The third-order valence-electron chi connectivity index (χ3n) is 3.74. The third-order valence-corrected chi connectivity index (χ3v) is 3.74. The highest BCUT2D eigenvalue weighted by Gasteiger charge is 2.22. The zero-order chi connectivity index (χ0) is 12.3. The number of hydrogen-bond donors (Lipinski definition) is 1. The minimum absolute atomic E-state index is 0.674. The summed E-state index contributed by atoms with van der Waals surface area (Å²) < 4.78 is 1.91. The zero-order valence-electron chi connectivity index (χ0n) is 11.0. The van der Waals surface area contributed by atoms with Crippen molar-refractivity contribution in [2.45, 2.75) is 45.2 Å². The Labute approximate surface area is 104 Å². The van der Waals surface area contributed by atoms with E-state index >= 15 is 0 Å². The van der Waals surface area contributed by atoms with Crippen molar-refractivity contribution >= 4 is 0 Å². The van der Waals surface area contributed by atoms with E-state index in [1.165, 1.54) is 31.4 Å². The molecule has 1 fully saturated rings. The van der Waals surface area contributed by atoms with E-state index in [4.69, 9.17) is 5.73 Å². The molecule has 0 aromatic carbocycles. The average Bonchev–Trinajstić information content (AvgIpc) is 2.61. The van der Waals surface area contributed by atoms with Gasteiger partial charge in [0.2, 0.25) is 0 Å². The monoisotopic (exact) mass is 236 g/mol. The predicted octanol–water partition coefficient (Wildman–Crippen LogP) is 1.43. The van der Waals surface area contributed by atoms with Crippen LogP contribution in [0.5, 0.6) is 0 Å². The smallest absolute Gasteiger partial charge is 0.0638 e. The second kappa shape index (κ2) is 5.65. The predicted molar refractivity (Wildman–Crippen MR) is 69.7 cm³/mol. The highest BCUT2D eigenvalue weighted by molar-refractivity contribution is 5.15. The lowest BCUT2D eigenvalue weighted by molar-refractivity contribution is 0.134. The van der Waals surface area contributed by atoms with Crippen molar-refractivity contribution in [3.8, 4) is 0 Å². The van der Waals surface area contributed by atoms with Crippen molar-refractivity contribution in [3.05, 3.63) is 17.5 Å². The first-order valence-corrected chi connectivity index (χ1v) is 6.64. The van der Waals surface area contributed by atoms with Crippen LogP contribution in [0.15, 0.2) is 6.20 Å². The van der Waals surface area contributed by atoms with Crippen molar-refractivity contribution < 1.29 is 0 Å². The summed E-state index contributed by atoms with van der Waals surface area (Å²) in [6.45, 7) is 5.13. The van der Waals surface area contributed by atoms with Gasteiger partial charge in [0.15, 0.2) is 0 Å². The Balaban J connectivity index is 2.02. The molecule has 1 saturated heterocycles. The topological polar surface area (TPSA) is 47.1 Å². The van der Waals surface area contributed by atoms with Crippen LogP contribution in [0.4, 0.5) is 0 Å². The van der Waals surface area contributed by atoms with Crippen LogP contribution < -0.4 is 5.73 Å². The van der Waals surface area contributed by atoms with Gasteiger partial charge in [0.25, 0.3) is 0 Å². The molecule has 1 aromatic heterocycles. The fourth-order valence-corrected chi connectivity index (χ4v) is 2.81. The Hall–Kier alpha value is -0.870. The van der Waals surface area contributed by atoms with Crippen molar-refractivity contribution in [2.75, 3.05) is 13.1 Å². The van der Waals surface area contributed by atoms with Gasteiger partial charge in [-0.05, 0) is 39.3 Å². The van der Waals surface area contributed by atoms with E-state index in [-0.39, 0.29) is 0 Å². The first-order valence-electron chi connectivity index (χ1n) is 6.64. The quantitative estimate of drug-likeness (QED) is 0.860. The van der Waals surface area contributed by atoms with Crippen LogP contribution in [0, 0.1) is 6.92 Å².